The van der Waals surface area contributed by atoms with E-state index < -0.39 is 11.6 Å². The number of benzene rings is 2. The number of ether oxygens (including phenoxy) is 1. The second-order valence-electron chi connectivity index (χ2n) is 6.60. The normalized spacial score (nSPS) is 12.5. The van der Waals surface area contributed by atoms with E-state index in [0.717, 1.165) is 5.57 Å². The standard InChI is InChI=1S/C15H14O3.C8H8O3/c1-9(2)7-8-12-13(16)10-5-3-4-6-11(10)14(17)15(12)18;1-6(9)11-8-4-2-7(10)3-5-8/h3-7,16H,8H2,1-2H3;2-5,10H,1H3. The molecule has 3 rings (SSSR count). The predicted octanol–water partition coefficient (Wildman–Crippen LogP) is 4.39. The van der Waals surface area contributed by atoms with Crippen molar-refractivity contribution in [1.29, 1.82) is 0 Å². The minimum atomic E-state index is -0.608. The van der Waals surface area contributed by atoms with Crippen molar-refractivity contribution >= 4 is 23.3 Å². The minimum absolute atomic E-state index is 0.0762. The SMILES string of the molecule is CC(=O)Oc1ccc(O)cc1.CC(C)=CCC1=C(O)c2ccccc2C(=O)C1=O. The summed E-state index contributed by atoms with van der Waals surface area (Å²) in [7, 11) is 0. The lowest BCUT2D eigenvalue weighted by Gasteiger charge is -2.16. The Morgan fingerprint density at radius 2 is 1.48 bits per heavy atom. The van der Waals surface area contributed by atoms with Gasteiger partial charge in [0.2, 0.25) is 11.6 Å². The van der Waals surface area contributed by atoms with Crippen LogP contribution in [0.1, 0.15) is 43.1 Å². The van der Waals surface area contributed by atoms with Gasteiger partial charge in [0.1, 0.15) is 17.3 Å². The maximum atomic E-state index is 11.9. The topological polar surface area (TPSA) is 101 Å². The summed E-state index contributed by atoms with van der Waals surface area (Å²) in [5, 5.41) is 18.9. The second-order valence-corrected chi connectivity index (χ2v) is 6.60. The number of allylic oxidation sites excluding steroid dienone is 3. The molecule has 0 saturated heterocycles. The molecular formula is C23H22O6. The number of phenols is 1. The molecule has 0 aliphatic heterocycles. The lowest BCUT2D eigenvalue weighted by atomic mass is 9.87. The van der Waals surface area contributed by atoms with Gasteiger partial charge in [-0.3, -0.25) is 14.4 Å². The van der Waals surface area contributed by atoms with Crippen molar-refractivity contribution in [2.75, 3.05) is 0 Å². The summed E-state index contributed by atoms with van der Waals surface area (Å²) in [5.74, 6) is -0.996. The van der Waals surface area contributed by atoms with Crippen molar-refractivity contribution < 1.29 is 29.3 Å². The zero-order valence-corrected chi connectivity index (χ0v) is 16.4. The molecule has 0 heterocycles. The Morgan fingerprint density at radius 1 is 0.897 bits per heavy atom. The summed E-state index contributed by atoms with van der Waals surface area (Å²) >= 11 is 0. The van der Waals surface area contributed by atoms with Crippen LogP contribution in [0.25, 0.3) is 5.76 Å². The van der Waals surface area contributed by atoms with Gasteiger partial charge in [0.25, 0.3) is 0 Å². The maximum absolute atomic E-state index is 11.9. The van der Waals surface area contributed by atoms with Crippen LogP contribution in [0.15, 0.2) is 65.8 Å². The van der Waals surface area contributed by atoms with Gasteiger partial charge in [0.05, 0.1) is 0 Å². The van der Waals surface area contributed by atoms with Crippen molar-refractivity contribution in [3.63, 3.8) is 0 Å². The number of carbonyl (C=O) groups is 3. The van der Waals surface area contributed by atoms with Gasteiger partial charge >= 0.3 is 5.97 Å². The fourth-order valence-electron chi connectivity index (χ4n) is 2.59. The number of carbonyl (C=O) groups excluding carboxylic acids is 3. The Hall–Kier alpha value is -3.67. The van der Waals surface area contributed by atoms with Crippen LogP contribution < -0.4 is 4.74 Å². The fourth-order valence-corrected chi connectivity index (χ4v) is 2.59. The summed E-state index contributed by atoms with van der Waals surface area (Å²) in [4.78, 5) is 34.2. The van der Waals surface area contributed by atoms with Gasteiger partial charge < -0.3 is 14.9 Å². The summed E-state index contributed by atoms with van der Waals surface area (Å²) < 4.78 is 4.72. The maximum Gasteiger partial charge on any atom is 0.308 e. The summed E-state index contributed by atoms with van der Waals surface area (Å²) in [6.45, 7) is 5.13. The molecule has 0 unspecified atom stereocenters. The van der Waals surface area contributed by atoms with Gasteiger partial charge in [-0.15, -0.1) is 0 Å². The molecule has 1 aliphatic rings. The largest absolute Gasteiger partial charge is 0.508 e. The molecule has 6 nitrogen and oxygen atoms in total. The number of aliphatic hydroxyl groups is 1. The molecule has 2 aromatic carbocycles. The van der Waals surface area contributed by atoms with Gasteiger partial charge in [-0.25, -0.2) is 0 Å². The van der Waals surface area contributed by atoms with Gasteiger partial charge in [-0.2, -0.15) is 0 Å². The van der Waals surface area contributed by atoms with Crippen LogP contribution in [0.4, 0.5) is 0 Å². The van der Waals surface area contributed by atoms with Crippen LogP contribution in [0, 0.1) is 0 Å². The van der Waals surface area contributed by atoms with Crippen molar-refractivity contribution in [1.82, 2.24) is 0 Å². The van der Waals surface area contributed by atoms with E-state index in [1.54, 1.807) is 24.3 Å². The fraction of sp³-hybridized carbons (Fsp3) is 0.174. The number of phenolic OH excluding ortho intramolecular Hbond substituents is 1. The Kier molecular flexibility index (Phi) is 7.09. The van der Waals surface area contributed by atoms with Crippen LogP contribution in [-0.2, 0) is 9.59 Å². The Labute approximate surface area is 168 Å². The van der Waals surface area contributed by atoms with Gasteiger partial charge in [-0.05, 0) is 44.5 Å². The minimum Gasteiger partial charge on any atom is -0.508 e. The molecule has 6 heteroatoms. The average Bonchev–Trinajstić information content (AvgIpc) is 2.68. The van der Waals surface area contributed by atoms with Crippen LogP contribution in [0.5, 0.6) is 11.5 Å². The molecule has 0 aromatic heterocycles. The third-order valence-electron chi connectivity index (χ3n) is 4.01. The number of Topliss-reactive ketones (excluding diaryl/α,β-unsaturated/α-hetero) is 2. The summed E-state index contributed by atoms with van der Waals surface area (Å²) in [6.07, 6.45) is 2.11. The molecule has 0 bridgehead atoms. The number of fused-ring (bicyclic) bond motifs is 1. The molecule has 1 aliphatic carbocycles. The molecule has 29 heavy (non-hydrogen) atoms. The van der Waals surface area contributed by atoms with E-state index in [1.807, 2.05) is 19.9 Å². The Morgan fingerprint density at radius 3 is 2.03 bits per heavy atom. The quantitative estimate of drug-likeness (QED) is 0.346. The monoisotopic (exact) mass is 394 g/mol. The first-order valence-corrected chi connectivity index (χ1v) is 8.92. The molecule has 0 radical (unpaired) electrons. The van der Waals surface area contributed by atoms with Gasteiger partial charge in [0, 0.05) is 23.6 Å². The van der Waals surface area contributed by atoms with E-state index >= 15 is 0 Å². The first-order chi connectivity index (χ1) is 13.7. The van der Waals surface area contributed by atoms with E-state index in [0.29, 0.717) is 11.3 Å². The zero-order valence-electron chi connectivity index (χ0n) is 16.4. The number of hydrogen-bond acceptors (Lipinski definition) is 6. The van der Waals surface area contributed by atoms with Crippen molar-refractivity contribution in [3.05, 3.63) is 76.9 Å². The van der Waals surface area contributed by atoms with E-state index in [-0.39, 0.29) is 35.0 Å². The predicted molar refractivity (Wildman–Crippen MR) is 109 cm³/mol. The Balaban J connectivity index is 0.000000234. The molecule has 0 amide bonds. The van der Waals surface area contributed by atoms with Crippen LogP contribution >= 0.6 is 0 Å². The number of hydrogen-bond donors (Lipinski definition) is 2. The van der Waals surface area contributed by atoms with Crippen LogP contribution in [-0.4, -0.2) is 27.7 Å². The lowest BCUT2D eigenvalue weighted by molar-refractivity contribution is -0.131. The molecule has 2 aromatic rings. The molecule has 2 N–H and O–H groups in total. The third kappa shape index (κ3) is 5.65. The summed E-state index contributed by atoms with van der Waals surface area (Å²) in [6, 6.07) is 12.6. The Bertz CT molecular complexity index is 992. The molecule has 0 fully saturated rings. The number of esters is 1. The highest BCUT2D eigenvalue weighted by Gasteiger charge is 2.31. The van der Waals surface area contributed by atoms with Crippen LogP contribution in [0.3, 0.4) is 0 Å². The van der Waals surface area contributed by atoms with Gasteiger partial charge in [-0.1, -0.05) is 35.9 Å². The van der Waals surface area contributed by atoms with Crippen molar-refractivity contribution in [2.45, 2.75) is 27.2 Å². The zero-order chi connectivity index (χ0) is 21.6. The highest BCUT2D eigenvalue weighted by molar-refractivity contribution is 6.52. The number of rotatable bonds is 3. The van der Waals surface area contributed by atoms with Gasteiger partial charge in [0.15, 0.2) is 0 Å². The second kappa shape index (κ2) is 9.50. The third-order valence-corrected chi connectivity index (χ3v) is 4.01. The first kappa shape index (κ1) is 21.6. The molecule has 0 spiro atoms. The summed E-state index contributed by atoms with van der Waals surface area (Å²) in [5.41, 5.74) is 1.94. The lowest BCUT2D eigenvalue weighted by Crippen LogP contribution is -2.23. The highest BCUT2D eigenvalue weighted by Crippen LogP contribution is 2.29. The molecular weight excluding hydrogens is 372 g/mol. The average molecular weight is 394 g/mol. The van der Waals surface area contributed by atoms with E-state index in [2.05, 4.69) is 0 Å². The molecule has 150 valence electrons. The van der Waals surface area contributed by atoms with Crippen molar-refractivity contribution in [2.24, 2.45) is 0 Å². The van der Waals surface area contributed by atoms with E-state index in [1.165, 1.54) is 31.2 Å². The van der Waals surface area contributed by atoms with E-state index in [9.17, 15) is 19.5 Å². The molecule has 0 saturated carbocycles. The van der Waals surface area contributed by atoms with Crippen molar-refractivity contribution in [3.8, 4) is 11.5 Å². The number of aliphatic hydroxyl groups excluding tert-OH is 1. The smallest absolute Gasteiger partial charge is 0.308 e. The van der Waals surface area contributed by atoms with E-state index in [4.69, 9.17) is 9.84 Å². The first-order valence-electron chi connectivity index (χ1n) is 8.92. The molecule has 0 atom stereocenters. The number of ketones is 2. The van der Waals surface area contributed by atoms with Crippen LogP contribution in [0.2, 0.25) is 0 Å². The highest BCUT2D eigenvalue weighted by atomic mass is 16.5. The number of aromatic hydroxyl groups is 1.